The molecule has 0 saturated carbocycles. The molecule has 4 heterocycles. The fraction of sp³-hybridized carbons (Fsp3) is 0.593. The van der Waals surface area contributed by atoms with Crippen LogP contribution in [0.2, 0.25) is 0 Å². The van der Waals surface area contributed by atoms with Crippen LogP contribution in [-0.2, 0) is 16.6 Å². The highest BCUT2D eigenvalue weighted by molar-refractivity contribution is 5.92. The van der Waals surface area contributed by atoms with Crippen molar-refractivity contribution in [3.05, 3.63) is 30.2 Å². The second-order valence-corrected chi connectivity index (χ2v) is 11.1. The van der Waals surface area contributed by atoms with Crippen LogP contribution in [0.4, 0.5) is 0 Å². The minimum atomic E-state index is -0.300. The standard InChI is InChI=1S/C26H35N5O3.CH4/c1-15-24-20(29-30(15)7)8-17(9-21(24)33-16(2)18-10-23(32)27-12-18)19-13-28-31(14-19)22-11-25(3,4)34-26(22,5)6;/h8-9,13-14,16,18,22H,10-12H2,1-7H3,(H,27,32);1H4/t16-,18-,22?;/m1./s1. The van der Waals surface area contributed by atoms with Gasteiger partial charge in [0, 0.05) is 49.8 Å². The molecule has 1 N–H and O–H groups in total. The topological polar surface area (TPSA) is 83.2 Å². The molecule has 0 radical (unpaired) electrons. The number of ether oxygens (including phenoxy) is 2. The fourth-order valence-electron chi connectivity index (χ4n) is 5.56. The Morgan fingerprint density at radius 2 is 1.97 bits per heavy atom. The minimum Gasteiger partial charge on any atom is -0.490 e. The first-order valence-electron chi connectivity index (χ1n) is 12.1. The van der Waals surface area contributed by atoms with Crippen LogP contribution in [0.25, 0.3) is 22.0 Å². The lowest BCUT2D eigenvalue weighted by molar-refractivity contribution is -0.119. The van der Waals surface area contributed by atoms with Crippen molar-refractivity contribution in [2.24, 2.45) is 13.0 Å². The quantitative estimate of drug-likeness (QED) is 0.566. The van der Waals surface area contributed by atoms with Crippen molar-refractivity contribution in [3.63, 3.8) is 0 Å². The fourth-order valence-corrected chi connectivity index (χ4v) is 5.56. The summed E-state index contributed by atoms with van der Waals surface area (Å²) < 4.78 is 16.7. The lowest BCUT2D eigenvalue weighted by Crippen LogP contribution is -2.31. The number of nitrogens with one attached hydrogen (secondary N) is 1. The van der Waals surface area contributed by atoms with Gasteiger partial charge in [0.1, 0.15) is 11.9 Å². The maximum absolute atomic E-state index is 11.7. The molecule has 3 atom stereocenters. The number of hydrogen-bond donors (Lipinski definition) is 1. The highest BCUT2D eigenvalue weighted by Crippen LogP contribution is 2.45. The van der Waals surface area contributed by atoms with Crippen molar-refractivity contribution in [1.82, 2.24) is 24.9 Å². The second kappa shape index (κ2) is 8.66. The molecule has 2 fully saturated rings. The molecule has 0 aliphatic carbocycles. The van der Waals surface area contributed by atoms with Crippen LogP contribution in [0.3, 0.4) is 0 Å². The van der Waals surface area contributed by atoms with Gasteiger partial charge in [-0.05, 0) is 59.2 Å². The van der Waals surface area contributed by atoms with Crippen molar-refractivity contribution in [1.29, 1.82) is 0 Å². The first kappa shape index (κ1) is 25.2. The molecule has 2 aliphatic rings. The molecule has 2 aromatic heterocycles. The van der Waals surface area contributed by atoms with E-state index >= 15 is 0 Å². The number of rotatable bonds is 5. The van der Waals surface area contributed by atoms with Crippen LogP contribution in [0, 0.1) is 12.8 Å². The molecule has 8 nitrogen and oxygen atoms in total. The first-order chi connectivity index (χ1) is 15.9. The maximum Gasteiger partial charge on any atom is 0.220 e. The van der Waals surface area contributed by atoms with Gasteiger partial charge < -0.3 is 14.8 Å². The third kappa shape index (κ3) is 4.56. The molecule has 2 saturated heterocycles. The van der Waals surface area contributed by atoms with Crippen LogP contribution in [0.1, 0.15) is 66.6 Å². The number of carbonyl (C=O) groups is 1. The molecule has 8 heteroatoms. The van der Waals surface area contributed by atoms with E-state index in [-0.39, 0.29) is 42.6 Å². The molecule has 190 valence electrons. The van der Waals surface area contributed by atoms with Crippen molar-refractivity contribution < 1.29 is 14.3 Å². The summed E-state index contributed by atoms with van der Waals surface area (Å²) in [6.45, 7) is 13.3. The highest BCUT2D eigenvalue weighted by atomic mass is 16.5. The summed E-state index contributed by atoms with van der Waals surface area (Å²) in [4.78, 5) is 11.7. The van der Waals surface area contributed by atoms with E-state index in [1.165, 1.54) is 0 Å². The highest BCUT2D eigenvalue weighted by Gasteiger charge is 2.47. The smallest absolute Gasteiger partial charge is 0.220 e. The van der Waals surface area contributed by atoms with Gasteiger partial charge in [0.15, 0.2) is 0 Å². The lowest BCUT2D eigenvalue weighted by Gasteiger charge is -2.27. The summed E-state index contributed by atoms with van der Waals surface area (Å²) in [5.41, 5.74) is 3.48. The Morgan fingerprint density at radius 1 is 1.23 bits per heavy atom. The Labute approximate surface area is 208 Å². The van der Waals surface area contributed by atoms with Crippen LogP contribution in [-0.4, -0.2) is 49.3 Å². The third-order valence-electron chi connectivity index (χ3n) is 7.45. The Bertz CT molecular complexity index is 1260. The van der Waals surface area contributed by atoms with Crippen molar-refractivity contribution >= 4 is 16.8 Å². The molecular weight excluding hydrogens is 442 g/mol. The summed E-state index contributed by atoms with van der Waals surface area (Å²) in [5, 5.41) is 13.4. The van der Waals surface area contributed by atoms with Gasteiger partial charge in [-0.2, -0.15) is 10.2 Å². The molecule has 5 rings (SSSR count). The molecule has 1 aromatic carbocycles. The van der Waals surface area contributed by atoms with Crippen LogP contribution in [0.15, 0.2) is 24.5 Å². The van der Waals surface area contributed by atoms with Gasteiger partial charge in [0.05, 0.1) is 34.3 Å². The SMILES string of the molecule is C.Cc1c2c(O[C@H](C)[C@H]3CNC(=O)C3)cc(-c3cnn(C4CC(C)(C)OC4(C)C)c3)cc2nn1C. The van der Waals surface area contributed by atoms with E-state index in [2.05, 4.69) is 58.3 Å². The van der Waals surface area contributed by atoms with Gasteiger partial charge >= 0.3 is 0 Å². The Morgan fingerprint density at radius 3 is 2.60 bits per heavy atom. The number of hydrogen-bond acceptors (Lipinski definition) is 5. The number of nitrogens with zero attached hydrogens (tertiary/aromatic N) is 4. The summed E-state index contributed by atoms with van der Waals surface area (Å²) in [6, 6.07) is 4.33. The summed E-state index contributed by atoms with van der Waals surface area (Å²) in [6.07, 6.45) is 5.31. The third-order valence-corrected chi connectivity index (χ3v) is 7.45. The van der Waals surface area contributed by atoms with Crippen molar-refractivity contribution in [3.8, 4) is 16.9 Å². The number of aromatic nitrogens is 4. The second-order valence-electron chi connectivity index (χ2n) is 11.1. The van der Waals surface area contributed by atoms with Crippen LogP contribution >= 0.6 is 0 Å². The van der Waals surface area contributed by atoms with Crippen molar-refractivity contribution in [2.45, 2.75) is 85.2 Å². The summed E-state index contributed by atoms with van der Waals surface area (Å²) in [5.74, 6) is 1.04. The average molecular weight is 482 g/mol. The van der Waals surface area contributed by atoms with Crippen LogP contribution < -0.4 is 10.1 Å². The molecule has 0 bridgehead atoms. The van der Waals surface area contributed by atoms with Gasteiger partial charge in [-0.15, -0.1) is 0 Å². The van der Waals surface area contributed by atoms with E-state index in [0.717, 1.165) is 39.9 Å². The maximum atomic E-state index is 11.7. The van der Waals surface area contributed by atoms with E-state index in [1.807, 2.05) is 29.5 Å². The largest absolute Gasteiger partial charge is 0.490 e. The van der Waals surface area contributed by atoms with E-state index in [1.54, 1.807) is 0 Å². The monoisotopic (exact) mass is 481 g/mol. The molecule has 1 amide bonds. The summed E-state index contributed by atoms with van der Waals surface area (Å²) >= 11 is 0. The zero-order valence-corrected chi connectivity index (χ0v) is 21.2. The van der Waals surface area contributed by atoms with E-state index in [0.29, 0.717) is 13.0 Å². The Hall–Kier alpha value is -2.87. The van der Waals surface area contributed by atoms with Crippen molar-refractivity contribution in [2.75, 3.05) is 6.54 Å². The molecule has 2 aliphatic heterocycles. The zero-order valence-electron chi connectivity index (χ0n) is 21.2. The van der Waals surface area contributed by atoms with E-state index < -0.39 is 0 Å². The number of aryl methyl sites for hydroxylation is 2. The number of fused-ring (bicyclic) bond motifs is 1. The lowest BCUT2D eigenvalue weighted by atomic mass is 9.94. The number of benzene rings is 1. The molecule has 3 aromatic rings. The number of carbonyl (C=O) groups excluding carboxylic acids is 1. The normalized spacial score (nSPS) is 23.8. The van der Waals surface area contributed by atoms with Gasteiger partial charge in [0.2, 0.25) is 5.91 Å². The molecular formula is C27H39N5O3. The zero-order chi connectivity index (χ0) is 24.4. The predicted molar refractivity (Wildman–Crippen MR) is 138 cm³/mol. The predicted octanol–water partition coefficient (Wildman–Crippen LogP) is 4.80. The molecule has 1 unspecified atom stereocenters. The molecule has 0 spiro atoms. The van der Waals surface area contributed by atoms with Crippen LogP contribution in [0.5, 0.6) is 5.75 Å². The first-order valence-corrected chi connectivity index (χ1v) is 12.1. The van der Waals surface area contributed by atoms with E-state index in [9.17, 15) is 4.79 Å². The summed E-state index contributed by atoms with van der Waals surface area (Å²) in [7, 11) is 1.95. The van der Waals surface area contributed by atoms with E-state index in [4.69, 9.17) is 19.7 Å². The van der Waals surface area contributed by atoms with Gasteiger partial charge in [-0.25, -0.2) is 0 Å². The van der Waals surface area contributed by atoms with Gasteiger partial charge in [-0.1, -0.05) is 7.43 Å². The van der Waals surface area contributed by atoms with Gasteiger partial charge in [0.25, 0.3) is 0 Å². The van der Waals surface area contributed by atoms with Gasteiger partial charge in [-0.3, -0.25) is 14.2 Å². The molecule has 35 heavy (non-hydrogen) atoms. The number of amides is 1. The Kier molecular flexibility index (Phi) is 6.24. The minimum absolute atomic E-state index is 0. The average Bonchev–Trinajstić information content (AvgIpc) is 3.48. The Balaban J connectivity index is 0.00000289.